The molecule has 0 aliphatic carbocycles. The maximum Gasteiger partial charge on any atom is 0.225 e. The van der Waals surface area contributed by atoms with E-state index in [1.165, 1.54) is 0 Å². The lowest BCUT2D eigenvalue weighted by Gasteiger charge is -2.17. The van der Waals surface area contributed by atoms with Gasteiger partial charge in [-0.05, 0) is 38.4 Å². The van der Waals surface area contributed by atoms with Gasteiger partial charge in [0.1, 0.15) is 5.82 Å². The van der Waals surface area contributed by atoms with Crippen molar-refractivity contribution >= 4 is 18.1 Å². The third-order valence-corrected chi connectivity index (χ3v) is 4.56. The van der Waals surface area contributed by atoms with Crippen LogP contribution in [-0.4, -0.2) is 39.4 Å². The van der Waals surface area contributed by atoms with Crippen molar-refractivity contribution in [3.63, 3.8) is 0 Å². The molecule has 2 saturated heterocycles. The summed E-state index contributed by atoms with van der Waals surface area (Å²) in [6, 6.07) is 0. The molecule has 0 spiro atoms. The van der Waals surface area contributed by atoms with Crippen LogP contribution < -0.4 is 5.32 Å². The second-order valence-corrected chi connectivity index (χ2v) is 5.83. The van der Waals surface area contributed by atoms with Gasteiger partial charge in [-0.15, -0.1) is 0 Å². The van der Waals surface area contributed by atoms with Crippen molar-refractivity contribution in [3.05, 3.63) is 10.6 Å². The summed E-state index contributed by atoms with van der Waals surface area (Å²) in [5.41, 5.74) is 0. The first-order valence-corrected chi connectivity index (χ1v) is 7.67. The van der Waals surface area contributed by atoms with Gasteiger partial charge in [-0.3, -0.25) is 9.89 Å². The van der Waals surface area contributed by atoms with Crippen LogP contribution >= 0.6 is 12.2 Å². The predicted octanol–water partition coefficient (Wildman–Crippen LogP) is 1.19. The number of amides is 1. The van der Waals surface area contributed by atoms with Crippen LogP contribution in [0.25, 0.3) is 0 Å². The summed E-state index contributed by atoms with van der Waals surface area (Å²) in [4.78, 5) is 12.1. The van der Waals surface area contributed by atoms with Gasteiger partial charge in [0.2, 0.25) is 5.91 Å². The maximum absolute atomic E-state index is 12.1. The molecule has 3 heterocycles. The number of aromatic amines is 1. The Morgan fingerprint density at radius 2 is 2.45 bits per heavy atom. The highest BCUT2D eigenvalue weighted by Gasteiger charge is 2.44. The first-order valence-electron chi connectivity index (χ1n) is 7.26. The molecule has 7 heteroatoms. The Balaban J connectivity index is 1.50. The van der Waals surface area contributed by atoms with E-state index in [1.54, 1.807) is 0 Å². The third kappa shape index (κ3) is 2.52. The number of carbonyl (C=O) groups excluding carboxylic acids is 1. The van der Waals surface area contributed by atoms with E-state index in [1.807, 2.05) is 11.5 Å². The molecule has 6 nitrogen and oxygen atoms in total. The molecular formula is C13H20N4O2S. The van der Waals surface area contributed by atoms with E-state index in [0.717, 1.165) is 31.6 Å². The normalized spacial score (nSPS) is 27.9. The van der Waals surface area contributed by atoms with E-state index >= 15 is 0 Å². The number of fused-ring (bicyclic) bond motifs is 2. The molecule has 3 atom stereocenters. The summed E-state index contributed by atoms with van der Waals surface area (Å²) in [6.07, 6.45) is 4.16. The van der Waals surface area contributed by atoms with Crippen molar-refractivity contribution in [1.29, 1.82) is 0 Å². The van der Waals surface area contributed by atoms with E-state index in [9.17, 15) is 4.79 Å². The molecule has 20 heavy (non-hydrogen) atoms. The van der Waals surface area contributed by atoms with E-state index in [0.29, 0.717) is 23.8 Å². The molecule has 1 aromatic rings. The molecule has 110 valence electrons. The molecule has 1 aromatic heterocycles. The fraction of sp³-hybridized carbons (Fsp3) is 0.769. The second kappa shape index (κ2) is 5.65. The molecule has 2 aliphatic rings. The topological polar surface area (TPSA) is 71.9 Å². The zero-order chi connectivity index (χ0) is 14.1. The van der Waals surface area contributed by atoms with Crippen molar-refractivity contribution in [3.8, 4) is 0 Å². The van der Waals surface area contributed by atoms with Gasteiger partial charge in [0, 0.05) is 19.5 Å². The zero-order valence-electron chi connectivity index (χ0n) is 11.6. The van der Waals surface area contributed by atoms with Crippen LogP contribution in [0.4, 0.5) is 0 Å². The molecule has 1 amide bonds. The largest absolute Gasteiger partial charge is 0.374 e. The average molecular weight is 296 g/mol. The minimum Gasteiger partial charge on any atom is -0.374 e. The first-order chi connectivity index (χ1) is 9.69. The number of carbonyl (C=O) groups is 1. The monoisotopic (exact) mass is 296 g/mol. The minimum atomic E-state index is 0.0424. The summed E-state index contributed by atoms with van der Waals surface area (Å²) in [5.74, 6) is 1.05. The Kier molecular flexibility index (Phi) is 3.89. The number of nitrogens with zero attached hydrogens (tertiary/aromatic N) is 2. The molecule has 2 fully saturated rings. The quantitative estimate of drug-likeness (QED) is 0.801. The van der Waals surface area contributed by atoms with Crippen molar-refractivity contribution in [1.82, 2.24) is 20.1 Å². The average Bonchev–Trinajstić information content (AvgIpc) is 3.14. The van der Waals surface area contributed by atoms with Gasteiger partial charge in [-0.2, -0.15) is 5.10 Å². The number of hydrogen-bond donors (Lipinski definition) is 2. The third-order valence-electron chi connectivity index (χ3n) is 4.24. The number of H-pyrrole nitrogens is 1. The summed E-state index contributed by atoms with van der Waals surface area (Å²) in [6.45, 7) is 3.41. The highest BCUT2D eigenvalue weighted by atomic mass is 32.1. The molecule has 3 unspecified atom stereocenters. The van der Waals surface area contributed by atoms with Crippen molar-refractivity contribution in [2.45, 2.75) is 51.4 Å². The highest BCUT2D eigenvalue weighted by Crippen LogP contribution is 2.38. The summed E-state index contributed by atoms with van der Waals surface area (Å²) in [5, 5.41) is 9.97. The van der Waals surface area contributed by atoms with Crippen LogP contribution in [0.3, 0.4) is 0 Å². The highest BCUT2D eigenvalue weighted by molar-refractivity contribution is 7.71. The van der Waals surface area contributed by atoms with Crippen LogP contribution in [0, 0.1) is 10.7 Å². The molecule has 0 aromatic carbocycles. The van der Waals surface area contributed by atoms with Gasteiger partial charge in [0.15, 0.2) is 4.77 Å². The predicted molar refractivity (Wildman–Crippen MR) is 75.8 cm³/mol. The van der Waals surface area contributed by atoms with Gasteiger partial charge in [0.25, 0.3) is 0 Å². The smallest absolute Gasteiger partial charge is 0.225 e. The summed E-state index contributed by atoms with van der Waals surface area (Å²) >= 11 is 5.14. The number of nitrogens with one attached hydrogen (secondary N) is 2. The van der Waals surface area contributed by atoms with Crippen LogP contribution in [0.5, 0.6) is 0 Å². The lowest BCUT2D eigenvalue weighted by molar-refractivity contribution is -0.126. The summed E-state index contributed by atoms with van der Waals surface area (Å²) < 4.78 is 8.30. The Morgan fingerprint density at radius 3 is 3.10 bits per heavy atom. The lowest BCUT2D eigenvalue weighted by Crippen LogP contribution is -2.37. The maximum atomic E-state index is 12.1. The van der Waals surface area contributed by atoms with Gasteiger partial charge < -0.3 is 14.6 Å². The van der Waals surface area contributed by atoms with E-state index in [4.69, 9.17) is 17.0 Å². The Morgan fingerprint density at radius 1 is 1.60 bits per heavy atom. The van der Waals surface area contributed by atoms with Gasteiger partial charge >= 0.3 is 0 Å². The van der Waals surface area contributed by atoms with Crippen molar-refractivity contribution in [2.24, 2.45) is 5.92 Å². The number of hydrogen-bond acceptors (Lipinski definition) is 4. The first kappa shape index (κ1) is 13.8. The SMILES string of the molecule is CCn1c(CCNC(=O)C2CC3CCC2O3)n[nH]c1=S. The van der Waals surface area contributed by atoms with Gasteiger partial charge in [-0.25, -0.2) is 0 Å². The van der Waals surface area contributed by atoms with Crippen molar-refractivity contribution in [2.75, 3.05) is 6.54 Å². The van der Waals surface area contributed by atoms with E-state index in [2.05, 4.69) is 15.5 Å². The van der Waals surface area contributed by atoms with E-state index < -0.39 is 0 Å². The van der Waals surface area contributed by atoms with Crippen LogP contribution in [0.2, 0.25) is 0 Å². The second-order valence-electron chi connectivity index (χ2n) is 5.45. The molecule has 0 saturated carbocycles. The van der Waals surface area contributed by atoms with Gasteiger partial charge in [0.05, 0.1) is 18.1 Å². The Bertz CT molecular complexity index is 553. The van der Waals surface area contributed by atoms with E-state index in [-0.39, 0.29) is 17.9 Å². The molecular weight excluding hydrogens is 276 g/mol. The van der Waals surface area contributed by atoms with Crippen LogP contribution in [-0.2, 0) is 22.5 Å². The number of aromatic nitrogens is 3. The van der Waals surface area contributed by atoms with Crippen LogP contribution in [0.15, 0.2) is 0 Å². The zero-order valence-corrected chi connectivity index (χ0v) is 12.4. The fourth-order valence-electron chi connectivity index (χ4n) is 3.21. The number of rotatable bonds is 5. The van der Waals surface area contributed by atoms with Gasteiger partial charge in [-0.1, -0.05) is 0 Å². The molecule has 2 N–H and O–H groups in total. The standard InChI is InChI=1S/C13H20N4O2S/c1-2-17-11(15-16-13(17)20)5-6-14-12(18)9-7-8-3-4-10(9)19-8/h8-10H,2-7H2,1H3,(H,14,18)(H,16,20). The minimum absolute atomic E-state index is 0.0424. The fourth-order valence-corrected chi connectivity index (χ4v) is 3.49. The lowest BCUT2D eigenvalue weighted by atomic mass is 9.88. The summed E-state index contributed by atoms with van der Waals surface area (Å²) in [7, 11) is 0. The molecule has 2 aliphatic heterocycles. The Labute approximate surface area is 122 Å². The van der Waals surface area contributed by atoms with Crippen LogP contribution in [0.1, 0.15) is 32.0 Å². The molecule has 2 bridgehead atoms. The molecule has 0 radical (unpaired) electrons. The molecule has 3 rings (SSSR count). The number of ether oxygens (including phenoxy) is 1. The van der Waals surface area contributed by atoms with Crippen molar-refractivity contribution < 1.29 is 9.53 Å². The Hall–Kier alpha value is -1.21.